The summed E-state index contributed by atoms with van der Waals surface area (Å²) >= 11 is 0. The standard InChI is InChI=1S/C18H15N3/c1-12-3-2-4-15-17(10-20)21-11-16(18(12)15)14-7-5-13(9-19)6-8-14/h2-8,11H,10,20H2,1H3. The van der Waals surface area contributed by atoms with Crippen LogP contribution in [0.25, 0.3) is 21.9 Å². The van der Waals surface area contributed by atoms with Crippen LogP contribution in [-0.2, 0) is 6.54 Å². The van der Waals surface area contributed by atoms with Gasteiger partial charge in [0.15, 0.2) is 0 Å². The van der Waals surface area contributed by atoms with Gasteiger partial charge in [-0.3, -0.25) is 4.98 Å². The zero-order valence-corrected chi connectivity index (χ0v) is 11.8. The molecular formula is C18H15N3. The summed E-state index contributed by atoms with van der Waals surface area (Å²) in [6.45, 7) is 2.52. The number of hydrogen-bond donors (Lipinski definition) is 1. The van der Waals surface area contributed by atoms with Crippen molar-refractivity contribution < 1.29 is 0 Å². The second-order valence-corrected chi connectivity index (χ2v) is 5.01. The summed E-state index contributed by atoms with van der Waals surface area (Å²) in [5.74, 6) is 0. The molecule has 21 heavy (non-hydrogen) atoms. The van der Waals surface area contributed by atoms with Gasteiger partial charge in [-0.2, -0.15) is 5.26 Å². The Hall–Kier alpha value is -2.70. The number of pyridine rings is 1. The molecule has 0 amide bonds. The Balaban J connectivity index is 2.30. The van der Waals surface area contributed by atoms with E-state index >= 15 is 0 Å². The first-order valence-corrected chi connectivity index (χ1v) is 6.82. The van der Waals surface area contributed by atoms with Crippen LogP contribution in [0.4, 0.5) is 0 Å². The van der Waals surface area contributed by atoms with Crippen molar-refractivity contribution in [2.24, 2.45) is 5.73 Å². The second kappa shape index (κ2) is 5.35. The quantitative estimate of drug-likeness (QED) is 0.776. The number of aryl methyl sites for hydroxylation is 1. The third kappa shape index (κ3) is 2.26. The lowest BCUT2D eigenvalue weighted by molar-refractivity contribution is 1.01. The zero-order chi connectivity index (χ0) is 14.8. The topological polar surface area (TPSA) is 62.7 Å². The normalized spacial score (nSPS) is 10.5. The van der Waals surface area contributed by atoms with Crippen molar-refractivity contribution in [3.8, 4) is 17.2 Å². The van der Waals surface area contributed by atoms with E-state index in [9.17, 15) is 0 Å². The lowest BCUT2D eigenvalue weighted by Gasteiger charge is -2.12. The van der Waals surface area contributed by atoms with Gasteiger partial charge in [-0.1, -0.05) is 30.3 Å². The highest BCUT2D eigenvalue weighted by molar-refractivity contribution is 5.99. The second-order valence-electron chi connectivity index (χ2n) is 5.01. The average molecular weight is 273 g/mol. The Labute approximate surface area is 123 Å². The third-order valence-corrected chi connectivity index (χ3v) is 3.72. The smallest absolute Gasteiger partial charge is 0.0991 e. The van der Waals surface area contributed by atoms with Crippen molar-refractivity contribution in [1.82, 2.24) is 4.98 Å². The largest absolute Gasteiger partial charge is 0.325 e. The molecule has 0 aliphatic rings. The van der Waals surface area contributed by atoms with Gasteiger partial charge in [0.2, 0.25) is 0 Å². The molecule has 1 heterocycles. The van der Waals surface area contributed by atoms with E-state index in [0.29, 0.717) is 12.1 Å². The first kappa shape index (κ1) is 13.3. The van der Waals surface area contributed by atoms with Crippen LogP contribution in [0.3, 0.4) is 0 Å². The molecule has 0 atom stereocenters. The van der Waals surface area contributed by atoms with Crippen molar-refractivity contribution in [1.29, 1.82) is 5.26 Å². The van der Waals surface area contributed by atoms with E-state index in [1.807, 2.05) is 36.5 Å². The number of nitriles is 1. The van der Waals surface area contributed by atoms with E-state index in [0.717, 1.165) is 22.2 Å². The minimum absolute atomic E-state index is 0.424. The maximum Gasteiger partial charge on any atom is 0.0991 e. The van der Waals surface area contributed by atoms with E-state index in [-0.39, 0.29) is 0 Å². The minimum atomic E-state index is 0.424. The number of nitrogens with zero attached hydrogens (tertiary/aromatic N) is 2. The van der Waals surface area contributed by atoms with Crippen LogP contribution in [-0.4, -0.2) is 4.98 Å². The Kier molecular flexibility index (Phi) is 3.39. The van der Waals surface area contributed by atoms with E-state index in [1.54, 1.807) is 0 Å². The molecule has 0 saturated carbocycles. The van der Waals surface area contributed by atoms with Crippen LogP contribution in [0.1, 0.15) is 16.8 Å². The van der Waals surface area contributed by atoms with E-state index < -0.39 is 0 Å². The molecule has 102 valence electrons. The number of benzene rings is 2. The van der Waals surface area contributed by atoms with Gasteiger partial charge in [0.1, 0.15) is 0 Å². The number of aromatic nitrogens is 1. The molecule has 0 saturated heterocycles. The van der Waals surface area contributed by atoms with Crippen LogP contribution in [0.5, 0.6) is 0 Å². The molecule has 3 heteroatoms. The Morgan fingerprint density at radius 3 is 2.57 bits per heavy atom. The predicted octanol–water partition coefficient (Wildman–Crippen LogP) is 3.54. The van der Waals surface area contributed by atoms with Crippen molar-refractivity contribution in [2.45, 2.75) is 13.5 Å². The van der Waals surface area contributed by atoms with Crippen LogP contribution in [0.15, 0.2) is 48.7 Å². The zero-order valence-electron chi connectivity index (χ0n) is 11.8. The molecule has 0 aliphatic carbocycles. The van der Waals surface area contributed by atoms with Crippen molar-refractivity contribution in [2.75, 3.05) is 0 Å². The lowest BCUT2D eigenvalue weighted by atomic mass is 9.95. The summed E-state index contributed by atoms with van der Waals surface area (Å²) in [5.41, 5.74) is 10.7. The van der Waals surface area contributed by atoms with Gasteiger partial charge in [0.25, 0.3) is 0 Å². The number of fused-ring (bicyclic) bond motifs is 1. The van der Waals surface area contributed by atoms with Crippen molar-refractivity contribution in [3.63, 3.8) is 0 Å². The third-order valence-electron chi connectivity index (χ3n) is 3.72. The van der Waals surface area contributed by atoms with Crippen molar-refractivity contribution in [3.05, 3.63) is 65.5 Å². The molecule has 0 spiro atoms. The Morgan fingerprint density at radius 1 is 1.14 bits per heavy atom. The SMILES string of the molecule is Cc1cccc2c(CN)ncc(-c3ccc(C#N)cc3)c12. The maximum atomic E-state index is 8.91. The number of nitrogens with two attached hydrogens (primary N) is 1. The molecule has 0 bridgehead atoms. The monoisotopic (exact) mass is 273 g/mol. The molecular weight excluding hydrogens is 258 g/mol. The summed E-state index contributed by atoms with van der Waals surface area (Å²) in [5, 5.41) is 11.2. The molecule has 0 unspecified atom stereocenters. The molecule has 0 radical (unpaired) electrons. The first-order valence-electron chi connectivity index (χ1n) is 6.82. The van der Waals surface area contributed by atoms with Crippen LogP contribution in [0.2, 0.25) is 0 Å². The van der Waals surface area contributed by atoms with Gasteiger partial charge in [0.05, 0.1) is 17.3 Å². The van der Waals surface area contributed by atoms with E-state index in [1.165, 1.54) is 10.9 Å². The van der Waals surface area contributed by atoms with Gasteiger partial charge >= 0.3 is 0 Å². The molecule has 1 aromatic heterocycles. The summed E-state index contributed by atoms with van der Waals surface area (Å²) in [4.78, 5) is 4.50. The predicted molar refractivity (Wildman–Crippen MR) is 84.5 cm³/mol. The van der Waals surface area contributed by atoms with Gasteiger partial charge in [-0.05, 0) is 35.6 Å². The minimum Gasteiger partial charge on any atom is -0.325 e. The molecule has 2 N–H and O–H groups in total. The first-order chi connectivity index (χ1) is 10.2. The summed E-state index contributed by atoms with van der Waals surface area (Å²) in [6.07, 6.45) is 1.87. The van der Waals surface area contributed by atoms with E-state index in [2.05, 4.69) is 30.1 Å². The fourth-order valence-corrected chi connectivity index (χ4v) is 2.65. The van der Waals surface area contributed by atoms with Crippen LogP contribution in [0, 0.1) is 18.3 Å². The fourth-order valence-electron chi connectivity index (χ4n) is 2.65. The summed E-state index contributed by atoms with van der Waals surface area (Å²) < 4.78 is 0. The average Bonchev–Trinajstić information content (AvgIpc) is 2.54. The van der Waals surface area contributed by atoms with Crippen LogP contribution >= 0.6 is 0 Å². The maximum absolute atomic E-state index is 8.91. The Bertz CT molecular complexity index is 843. The molecule has 0 aliphatic heterocycles. The van der Waals surface area contributed by atoms with Gasteiger partial charge in [-0.15, -0.1) is 0 Å². The van der Waals surface area contributed by atoms with Crippen LogP contribution < -0.4 is 5.73 Å². The molecule has 3 rings (SSSR count). The lowest BCUT2D eigenvalue weighted by Crippen LogP contribution is -2.01. The molecule has 3 aromatic rings. The summed E-state index contributed by atoms with van der Waals surface area (Å²) in [7, 11) is 0. The molecule has 3 nitrogen and oxygen atoms in total. The van der Waals surface area contributed by atoms with E-state index in [4.69, 9.17) is 11.0 Å². The fraction of sp³-hybridized carbons (Fsp3) is 0.111. The Morgan fingerprint density at radius 2 is 1.90 bits per heavy atom. The van der Waals surface area contributed by atoms with Gasteiger partial charge < -0.3 is 5.73 Å². The molecule has 0 fully saturated rings. The van der Waals surface area contributed by atoms with Gasteiger partial charge in [0, 0.05) is 23.7 Å². The number of hydrogen-bond acceptors (Lipinski definition) is 3. The van der Waals surface area contributed by atoms with Gasteiger partial charge in [-0.25, -0.2) is 0 Å². The summed E-state index contributed by atoms with van der Waals surface area (Å²) in [6, 6.07) is 15.9. The van der Waals surface area contributed by atoms with Crippen molar-refractivity contribution >= 4 is 10.8 Å². The highest BCUT2D eigenvalue weighted by atomic mass is 14.7. The highest BCUT2D eigenvalue weighted by Crippen LogP contribution is 2.31. The number of rotatable bonds is 2. The highest BCUT2D eigenvalue weighted by Gasteiger charge is 2.10. The molecule has 2 aromatic carbocycles.